The van der Waals surface area contributed by atoms with E-state index in [1.54, 1.807) is 13.0 Å². The van der Waals surface area contributed by atoms with Gasteiger partial charge in [-0.25, -0.2) is 4.79 Å². The van der Waals surface area contributed by atoms with Gasteiger partial charge >= 0.3 is 6.09 Å². The lowest BCUT2D eigenvalue weighted by molar-refractivity contribution is 0.203. The molecular weight excluding hydrogens is 186 g/mol. The zero-order chi connectivity index (χ0) is 9.68. The summed E-state index contributed by atoms with van der Waals surface area (Å²) in [7, 11) is 0. The van der Waals surface area contributed by atoms with E-state index >= 15 is 0 Å². The lowest BCUT2D eigenvalue weighted by atomic mass is 10.5. The van der Waals surface area contributed by atoms with Crippen LogP contribution < -0.4 is 4.90 Å². The Bertz CT molecular complexity index is 334. The SMILES string of the molecule is CC#CCN(C(=O)O)c1cccs1. The lowest BCUT2D eigenvalue weighted by Crippen LogP contribution is -2.28. The molecule has 0 aliphatic heterocycles. The summed E-state index contributed by atoms with van der Waals surface area (Å²) in [5, 5.41) is 11.4. The van der Waals surface area contributed by atoms with Crippen LogP contribution in [-0.4, -0.2) is 17.7 Å². The molecule has 0 aliphatic rings. The first kappa shape index (κ1) is 9.62. The minimum atomic E-state index is -0.967. The number of anilines is 1. The second-order valence-corrected chi connectivity index (χ2v) is 3.17. The fraction of sp³-hybridized carbons (Fsp3) is 0.222. The number of carbonyl (C=O) groups is 1. The number of nitrogens with zero attached hydrogens (tertiary/aromatic N) is 1. The quantitative estimate of drug-likeness (QED) is 0.735. The average molecular weight is 195 g/mol. The minimum Gasteiger partial charge on any atom is -0.465 e. The molecule has 0 unspecified atom stereocenters. The van der Waals surface area contributed by atoms with E-state index in [0.29, 0.717) is 5.00 Å². The van der Waals surface area contributed by atoms with E-state index in [2.05, 4.69) is 11.8 Å². The maximum Gasteiger partial charge on any atom is 0.413 e. The number of amides is 1. The second kappa shape index (κ2) is 4.53. The van der Waals surface area contributed by atoms with Crippen molar-refractivity contribution in [3.8, 4) is 11.8 Å². The van der Waals surface area contributed by atoms with Gasteiger partial charge in [-0.3, -0.25) is 4.90 Å². The zero-order valence-corrected chi connectivity index (χ0v) is 7.97. The topological polar surface area (TPSA) is 40.5 Å². The van der Waals surface area contributed by atoms with Crippen LogP contribution >= 0.6 is 11.3 Å². The van der Waals surface area contributed by atoms with Crippen LogP contribution in [0.25, 0.3) is 0 Å². The Morgan fingerprint density at radius 2 is 2.54 bits per heavy atom. The molecular formula is C9H9NO2S. The molecule has 1 heterocycles. The number of carboxylic acid groups (broad SMARTS) is 1. The summed E-state index contributed by atoms with van der Waals surface area (Å²) in [6.45, 7) is 1.92. The lowest BCUT2D eigenvalue weighted by Gasteiger charge is -2.12. The Kier molecular flexibility index (Phi) is 3.35. The first-order chi connectivity index (χ1) is 6.25. The Hall–Kier alpha value is -1.47. The summed E-state index contributed by atoms with van der Waals surface area (Å²) >= 11 is 1.39. The average Bonchev–Trinajstić information content (AvgIpc) is 2.57. The predicted octanol–water partition coefficient (Wildman–Crippen LogP) is 2.26. The minimum absolute atomic E-state index is 0.229. The molecule has 0 saturated carbocycles. The number of hydrogen-bond acceptors (Lipinski definition) is 2. The maximum atomic E-state index is 10.8. The van der Waals surface area contributed by atoms with Crippen molar-refractivity contribution in [2.45, 2.75) is 6.92 Å². The molecule has 0 atom stereocenters. The zero-order valence-electron chi connectivity index (χ0n) is 7.15. The van der Waals surface area contributed by atoms with E-state index in [1.165, 1.54) is 16.2 Å². The first-order valence-electron chi connectivity index (χ1n) is 3.69. The van der Waals surface area contributed by atoms with E-state index in [1.807, 2.05) is 11.4 Å². The molecule has 0 saturated heterocycles. The number of hydrogen-bond donors (Lipinski definition) is 1. The smallest absolute Gasteiger partial charge is 0.413 e. The molecule has 1 aromatic heterocycles. The molecule has 68 valence electrons. The van der Waals surface area contributed by atoms with Gasteiger partial charge in [0.15, 0.2) is 0 Å². The fourth-order valence-corrected chi connectivity index (χ4v) is 1.54. The molecule has 0 fully saturated rings. The summed E-state index contributed by atoms with van der Waals surface area (Å²) in [5.41, 5.74) is 0. The molecule has 1 N–H and O–H groups in total. The van der Waals surface area contributed by atoms with Crippen LogP contribution in [0, 0.1) is 11.8 Å². The van der Waals surface area contributed by atoms with Gasteiger partial charge in [-0.2, -0.15) is 0 Å². The predicted molar refractivity (Wildman–Crippen MR) is 53.1 cm³/mol. The van der Waals surface area contributed by atoms with Crippen LogP contribution in [0.1, 0.15) is 6.92 Å². The molecule has 1 rings (SSSR count). The molecule has 0 spiro atoms. The summed E-state index contributed by atoms with van der Waals surface area (Å²) in [6.07, 6.45) is -0.967. The standard InChI is InChI=1S/C9H9NO2S/c1-2-3-6-10(9(11)12)8-5-4-7-13-8/h4-5,7H,6H2,1H3,(H,11,12). The van der Waals surface area contributed by atoms with Gasteiger partial charge < -0.3 is 5.11 Å². The van der Waals surface area contributed by atoms with Crippen LogP contribution in [0.5, 0.6) is 0 Å². The highest BCUT2D eigenvalue weighted by atomic mass is 32.1. The van der Waals surface area contributed by atoms with E-state index in [-0.39, 0.29) is 6.54 Å². The van der Waals surface area contributed by atoms with Crippen molar-refractivity contribution in [3.63, 3.8) is 0 Å². The number of thiophene rings is 1. The van der Waals surface area contributed by atoms with Gasteiger partial charge in [0.1, 0.15) is 5.00 Å². The largest absolute Gasteiger partial charge is 0.465 e. The van der Waals surface area contributed by atoms with Crippen LogP contribution in [0.2, 0.25) is 0 Å². The van der Waals surface area contributed by atoms with E-state index in [9.17, 15) is 4.79 Å². The summed E-state index contributed by atoms with van der Waals surface area (Å²) in [4.78, 5) is 12.0. The van der Waals surface area contributed by atoms with Crippen molar-refractivity contribution in [3.05, 3.63) is 17.5 Å². The van der Waals surface area contributed by atoms with Crippen molar-refractivity contribution in [1.29, 1.82) is 0 Å². The third-order valence-electron chi connectivity index (χ3n) is 1.42. The summed E-state index contributed by atoms with van der Waals surface area (Å²) < 4.78 is 0. The number of rotatable bonds is 2. The molecule has 0 aromatic carbocycles. The van der Waals surface area contributed by atoms with Gasteiger partial charge in [-0.1, -0.05) is 5.92 Å². The highest BCUT2D eigenvalue weighted by Crippen LogP contribution is 2.20. The molecule has 0 aliphatic carbocycles. The third kappa shape index (κ3) is 2.49. The second-order valence-electron chi connectivity index (χ2n) is 2.25. The van der Waals surface area contributed by atoms with Gasteiger partial charge in [0.05, 0.1) is 6.54 Å². The molecule has 1 aromatic rings. The van der Waals surface area contributed by atoms with E-state index in [4.69, 9.17) is 5.11 Å². The van der Waals surface area contributed by atoms with Gasteiger partial charge in [0.2, 0.25) is 0 Å². The summed E-state index contributed by atoms with van der Waals surface area (Å²) in [6, 6.07) is 3.57. The maximum absolute atomic E-state index is 10.8. The molecule has 1 amide bonds. The van der Waals surface area contributed by atoms with Crippen molar-refractivity contribution in [2.24, 2.45) is 0 Å². The highest BCUT2D eigenvalue weighted by molar-refractivity contribution is 7.14. The highest BCUT2D eigenvalue weighted by Gasteiger charge is 2.12. The van der Waals surface area contributed by atoms with Crippen LogP contribution in [0.4, 0.5) is 9.80 Å². The Morgan fingerprint density at radius 3 is 3.00 bits per heavy atom. The molecule has 0 bridgehead atoms. The van der Waals surface area contributed by atoms with Gasteiger partial charge in [-0.05, 0) is 24.4 Å². The first-order valence-corrected chi connectivity index (χ1v) is 4.57. The van der Waals surface area contributed by atoms with Crippen molar-refractivity contribution in [1.82, 2.24) is 0 Å². The van der Waals surface area contributed by atoms with Crippen LogP contribution in [-0.2, 0) is 0 Å². The van der Waals surface area contributed by atoms with Crippen molar-refractivity contribution >= 4 is 22.4 Å². The summed E-state index contributed by atoms with van der Waals surface area (Å²) in [5.74, 6) is 5.38. The Labute approximate surface area is 80.6 Å². The molecule has 0 radical (unpaired) electrons. The van der Waals surface area contributed by atoms with Gasteiger partial charge in [-0.15, -0.1) is 17.3 Å². The monoisotopic (exact) mass is 195 g/mol. The van der Waals surface area contributed by atoms with Crippen LogP contribution in [0.3, 0.4) is 0 Å². The van der Waals surface area contributed by atoms with E-state index in [0.717, 1.165) is 0 Å². The molecule has 13 heavy (non-hydrogen) atoms. The Morgan fingerprint density at radius 1 is 1.77 bits per heavy atom. The fourth-order valence-electron chi connectivity index (χ4n) is 0.821. The van der Waals surface area contributed by atoms with Crippen molar-refractivity contribution in [2.75, 3.05) is 11.4 Å². The van der Waals surface area contributed by atoms with Crippen molar-refractivity contribution < 1.29 is 9.90 Å². The van der Waals surface area contributed by atoms with Gasteiger partial charge in [0, 0.05) is 0 Å². The Balaban J connectivity index is 2.78. The molecule has 3 nitrogen and oxygen atoms in total. The van der Waals surface area contributed by atoms with Gasteiger partial charge in [0.25, 0.3) is 0 Å². The molecule has 4 heteroatoms. The third-order valence-corrected chi connectivity index (χ3v) is 2.31. The normalized spacial score (nSPS) is 8.69. The van der Waals surface area contributed by atoms with E-state index < -0.39 is 6.09 Å². The van der Waals surface area contributed by atoms with Crippen LogP contribution in [0.15, 0.2) is 17.5 Å².